The fourth-order valence-electron chi connectivity index (χ4n) is 2.07. The molecule has 0 aliphatic carbocycles. The van der Waals surface area contributed by atoms with E-state index in [1.807, 2.05) is 18.2 Å². The summed E-state index contributed by atoms with van der Waals surface area (Å²) in [5.41, 5.74) is 4.10. The predicted octanol–water partition coefficient (Wildman–Crippen LogP) is 3.39. The second kappa shape index (κ2) is 9.78. The molecule has 134 valence electrons. The molecule has 0 heterocycles. The van der Waals surface area contributed by atoms with Gasteiger partial charge in [0.2, 0.25) is 5.91 Å². The van der Waals surface area contributed by atoms with E-state index in [2.05, 4.69) is 22.4 Å². The molecule has 2 aromatic carbocycles. The van der Waals surface area contributed by atoms with Crippen LogP contribution in [0.4, 0.5) is 5.69 Å². The molecule has 0 bridgehead atoms. The molecule has 0 radical (unpaired) electrons. The van der Waals surface area contributed by atoms with Gasteiger partial charge in [-0.3, -0.25) is 9.59 Å². The van der Waals surface area contributed by atoms with E-state index in [4.69, 9.17) is 4.74 Å². The number of nitrogens with one attached hydrogen (secondary N) is 2. The summed E-state index contributed by atoms with van der Waals surface area (Å²) in [6, 6.07) is 15.8. The number of amides is 2. The topological polar surface area (TPSA) is 79.8 Å². The van der Waals surface area contributed by atoms with Crippen LogP contribution < -0.4 is 15.5 Å². The lowest BCUT2D eigenvalue weighted by molar-refractivity contribution is -0.115. The number of ether oxygens (including phenoxy) is 1. The van der Waals surface area contributed by atoms with Crippen LogP contribution in [0.15, 0.2) is 72.4 Å². The van der Waals surface area contributed by atoms with E-state index in [1.165, 1.54) is 0 Å². The van der Waals surface area contributed by atoms with Crippen molar-refractivity contribution in [3.8, 4) is 5.75 Å². The fraction of sp³-hybridized carbons (Fsp3) is 0.150. The second-order valence-electron chi connectivity index (χ2n) is 5.50. The molecule has 2 N–H and O–H groups in total. The van der Waals surface area contributed by atoms with Gasteiger partial charge in [-0.1, -0.05) is 30.9 Å². The Balaban J connectivity index is 1.84. The van der Waals surface area contributed by atoms with Crippen molar-refractivity contribution < 1.29 is 14.3 Å². The molecule has 0 aliphatic rings. The molecule has 0 unspecified atom stereocenters. The monoisotopic (exact) mass is 351 g/mol. The quantitative estimate of drug-likeness (QED) is 0.435. The van der Waals surface area contributed by atoms with E-state index >= 15 is 0 Å². The Morgan fingerprint density at radius 2 is 1.81 bits per heavy atom. The van der Waals surface area contributed by atoms with Gasteiger partial charge in [0.15, 0.2) is 0 Å². The minimum absolute atomic E-state index is 0.0868. The molecule has 6 heteroatoms. The summed E-state index contributed by atoms with van der Waals surface area (Å²) >= 11 is 0. The van der Waals surface area contributed by atoms with E-state index in [-0.39, 0.29) is 18.2 Å². The highest BCUT2D eigenvalue weighted by atomic mass is 16.5. The lowest BCUT2D eigenvalue weighted by Gasteiger charge is -2.06. The molecule has 0 saturated carbocycles. The van der Waals surface area contributed by atoms with Crippen molar-refractivity contribution in [3.05, 3.63) is 72.8 Å². The Kier molecular flexibility index (Phi) is 7.12. The summed E-state index contributed by atoms with van der Waals surface area (Å²) in [6.45, 7) is 5.65. The second-order valence-corrected chi connectivity index (χ2v) is 5.50. The van der Waals surface area contributed by atoms with Gasteiger partial charge in [0, 0.05) is 17.0 Å². The van der Waals surface area contributed by atoms with E-state index in [1.54, 1.807) is 49.4 Å². The number of rotatable bonds is 8. The van der Waals surface area contributed by atoms with Gasteiger partial charge in [-0.05, 0) is 43.3 Å². The Morgan fingerprint density at radius 1 is 1.12 bits per heavy atom. The number of carbonyl (C=O) groups excluding carboxylic acids is 2. The molecule has 0 aliphatic heterocycles. The first-order valence-corrected chi connectivity index (χ1v) is 8.10. The first-order chi connectivity index (χ1) is 12.6. The Bertz CT molecular complexity index is 784. The summed E-state index contributed by atoms with van der Waals surface area (Å²) in [5.74, 6) is 0.0947. The van der Waals surface area contributed by atoms with Crippen LogP contribution in [0.5, 0.6) is 5.75 Å². The smallest absolute Gasteiger partial charge is 0.271 e. The van der Waals surface area contributed by atoms with Crippen LogP contribution in [0.25, 0.3) is 0 Å². The number of benzene rings is 2. The summed E-state index contributed by atoms with van der Waals surface area (Å²) in [5, 5.41) is 6.73. The summed E-state index contributed by atoms with van der Waals surface area (Å²) in [7, 11) is 0. The van der Waals surface area contributed by atoms with Crippen molar-refractivity contribution in [2.24, 2.45) is 5.10 Å². The van der Waals surface area contributed by atoms with Crippen LogP contribution in [-0.4, -0.2) is 24.1 Å². The summed E-state index contributed by atoms with van der Waals surface area (Å²) in [4.78, 5) is 24.0. The number of carbonyl (C=O) groups is 2. The van der Waals surface area contributed by atoms with Crippen LogP contribution in [0.1, 0.15) is 23.7 Å². The zero-order chi connectivity index (χ0) is 18.8. The maximum absolute atomic E-state index is 12.1. The SMILES string of the molecule is C=CCOc1ccc(C(=O)N/N=C(\C)CC(=O)Nc2ccccc2)cc1. The highest BCUT2D eigenvalue weighted by Crippen LogP contribution is 2.12. The van der Waals surface area contributed by atoms with Gasteiger partial charge < -0.3 is 10.1 Å². The van der Waals surface area contributed by atoms with E-state index in [0.717, 1.165) is 0 Å². The van der Waals surface area contributed by atoms with Crippen molar-refractivity contribution in [3.63, 3.8) is 0 Å². The maximum Gasteiger partial charge on any atom is 0.271 e. The van der Waals surface area contributed by atoms with Crippen LogP contribution in [0, 0.1) is 0 Å². The highest BCUT2D eigenvalue weighted by Gasteiger charge is 2.07. The molecule has 0 atom stereocenters. The van der Waals surface area contributed by atoms with Crippen LogP contribution >= 0.6 is 0 Å². The first kappa shape index (κ1) is 18.9. The zero-order valence-corrected chi connectivity index (χ0v) is 14.6. The Hall–Kier alpha value is -3.41. The molecule has 2 rings (SSSR count). The van der Waals surface area contributed by atoms with Gasteiger partial charge in [-0.2, -0.15) is 5.10 Å². The molecule has 2 aromatic rings. The molecular weight excluding hydrogens is 330 g/mol. The molecule has 0 saturated heterocycles. The van der Waals surface area contributed by atoms with Crippen LogP contribution in [-0.2, 0) is 4.79 Å². The van der Waals surface area contributed by atoms with Gasteiger partial charge in [0.05, 0.1) is 6.42 Å². The van der Waals surface area contributed by atoms with Crippen molar-refractivity contribution in [1.29, 1.82) is 0 Å². The maximum atomic E-state index is 12.1. The summed E-state index contributed by atoms with van der Waals surface area (Å²) < 4.78 is 5.36. The third kappa shape index (κ3) is 6.24. The lowest BCUT2D eigenvalue weighted by atomic mass is 10.2. The normalized spacial score (nSPS) is 10.7. The number of para-hydroxylation sites is 1. The van der Waals surface area contributed by atoms with Crippen molar-refractivity contribution >= 4 is 23.2 Å². The standard InChI is InChI=1S/C20H21N3O3/c1-3-13-26-18-11-9-16(10-12-18)20(25)23-22-15(2)14-19(24)21-17-7-5-4-6-8-17/h3-12H,1,13-14H2,2H3,(H,21,24)(H,23,25)/b22-15+. The Morgan fingerprint density at radius 3 is 2.46 bits per heavy atom. The van der Waals surface area contributed by atoms with Gasteiger partial charge >= 0.3 is 0 Å². The summed E-state index contributed by atoms with van der Waals surface area (Å²) in [6.07, 6.45) is 1.73. The van der Waals surface area contributed by atoms with Crippen molar-refractivity contribution in [2.45, 2.75) is 13.3 Å². The average Bonchev–Trinajstić information content (AvgIpc) is 2.65. The number of nitrogens with zero attached hydrogens (tertiary/aromatic N) is 1. The highest BCUT2D eigenvalue weighted by molar-refractivity contribution is 6.06. The Labute approximate surface area is 152 Å². The molecule has 6 nitrogen and oxygen atoms in total. The molecule has 2 amide bonds. The minimum Gasteiger partial charge on any atom is -0.490 e. The van der Waals surface area contributed by atoms with Gasteiger partial charge in [0.1, 0.15) is 12.4 Å². The molecule has 0 fully saturated rings. The van der Waals surface area contributed by atoms with Crippen LogP contribution in [0.2, 0.25) is 0 Å². The number of hydrogen-bond donors (Lipinski definition) is 2. The minimum atomic E-state index is -0.358. The van der Waals surface area contributed by atoms with E-state index in [9.17, 15) is 9.59 Å². The number of hydrogen-bond acceptors (Lipinski definition) is 4. The molecular formula is C20H21N3O3. The van der Waals surface area contributed by atoms with Crippen molar-refractivity contribution in [2.75, 3.05) is 11.9 Å². The third-order valence-electron chi connectivity index (χ3n) is 3.31. The first-order valence-electron chi connectivity index (χ1n) is 8.10. The average molecular weight is 351 g/mol. The predicted molar refractivity (Wildman–Crippen MR) is 102 cm³/mol. The zero-order valence-electron chi connectivity index (χ0n) is 14.6. The molecule has 0 aromatic heterocycles. The van der Waals surface area contributed by atoms with Gasteiger partial charge in [0.25, 0.3) is 5.91 Å². The van der Waals surface area contributed by atoms with Crippen molar-refractivity contribution in [1.82, 2.24) is 5.43 Å². The van der Waals surface area contributed by atoms with E-state index < -0.39 is 0 Å². The third-order valence-corrected chi connectivity index (χ3v) is 3.31. The fourth-order valence-corrected chi connectivity index (χ4v) is 2.07. The lowest BCUT2D eigenvalue weighted by Crippen LogP contribution is -2.21. The van der Waals surface area contributed by atoms with Gasteiger partial charge in [-0.15, -0.1) is 0 Å². The number of hydrazone groups is 1. The largest absolute Gasteiger partial charge is 0.490 e. The number of anilines is 1. The molecule has 26 heavy (non-hydrogen) atoms. The van der Waals surface area contributed by atoms with Crippen LogP contribution in [0.3, 0.4) is 0 Å². The molecule has 0 spiro atoms. The van der Waals surface area contributed by atoms with Gasteiger partial charge in [-0.25, -0.2) is 5.43 Å². The van der Waals surface area contributed by atoms with E-state index in [0.29, 0.717) is 29.3 Å².